The Morgan fingerprint density at radius 3 is 2.46 bits per heavy atom. The third-order valence-corrected chi connectivity index (χ3v) is 6.83. The molecule has 2 atom stereocenters. The second-order valence-corrected chi connectivity index (χ2v) is 8.80. The maximum atomic E-state index is 13.9. The van der Waals surface area contributed by atoms with Crippen molar-refractivity contribution in [3.8, 4) is 0 Å². The molecule has 0 aliphatic carbocycles. The van der Waals surface area contributed by atoms with E-state index in [2.05, 4.69) is 6.92 Å². The quantitative estimate of drug-likeness (QED) is 0.625. The third-order valence-electron chi connectivity index (χ3n) is 4.87. The highest BCUT2D eigenvalue weighted by Crippen LogP contribution is 2.30. The van der Waals surface area contributed by atoms with Gasteiger partial charge < -0.3 is 0 Å². The second-order valence-electron chi connectivity index (χ2n) is 6.91. The molecule has 0 unspecified atom stereocenters. The number of hydrogen-bond donors (Lipinski definition) is 0. The van der Waals surface area contributed by atoms with Crippen LogP contribution in [0.4, 0.5) is 4.39 Å². The molecule has 1 aliphatic rings. The SMILES string of the molecule is CCCCCCC[C@H]1C[C@H](F)CCN1S(=O)(=O)c1ccc(C)cc1. The molecular weight excluding hydrogens is 325 g/mol. The lowest BCUT2D eigenvalue weighted by atomic mass is 9.97. The number of hydrogen-bond acceptors (Lipinski definition) is 2. The summed E-state index contributed by atoms with van der Waals surface area (Å²) < 4.78 is 41.3. The lowest BCUT2D eigenvalue weighted by molar-refractivity contribution is 0.147. The third kappa shape index (κ3) is 5.03. The van der Waals surface area contributed by atoms with E-state index in [-0.39, 0.29) is 12.6 Å². The Kier molecular flexibility index (Phi) is 7.23. The molecule has 1 heterocycles. The van der Waals surface area contributed by atoms with Crippen molar-refractivity contribution in [2.45, 2.75) is 82.3 Å². The molecule has 0 radical (unpaired) electrons. The number of rotatable bonds is 8. The van der Waals surface area contributed by atoms with E-state index in [0.717, 1.165) is 24.8 Å². The van der Waals surface area contributed by atoms with Crippen molar-refractivity contribution in [1.29, 1.82) is 0 Å². The van der Waals surface area contributed by atoms with E-state index in [0.29, 0.717) is 17.7 Å². The van der Waals surface area contributed by atoms with Crippen LogP contribution >= 0.6 is 0 Å². The number of unbranched alkanes of at least 4 members (excludes halogenated alkanes) is 4. The number of halogens is 1. The number of alkyl halides is 1. The van der Waals surface area contributed by atoms with Crippen LogP contribution in [0.3, 0.4) is 0 Å². The molecular formula is C19H30FNO2S. The topological polar surface area (TPSA) is 37.4 Å². The summed E-state index contributed by atoms with van der Waals surface area (Å²) in [5.41, 5.74) is 1.03. The first-order chi connectivity index (χ1) is 11.4. The Balaban J connectivity index is 2.07. The van der Waals surface area contributed by atoms with Gasteiger partial charge in [0.2, 0.25) is 10.0 Å². The molecule has 1 aromatic rings. The molecule has 0 saturated carbocycles. The van der Waals surface area contributed by atoms with Gasteiger partial charge in [0, 0.05) is 12.6 Å². The molecule has 24 heavy (non-hydrogen) atoms. The van der Waals surface area contributed by atoms with Gasteiger partial charge in [-0.2, -0.15) is 4.31 Å². The molecule has 1 aromatic carbocycles. The summed E-state index contributed by atoms with van der Waals surface area (Å²) in [5, 5.41) is 0. The van der Waals surface area contributed by atoms with Crippen LogP contribution in [0, 0.1) is 6.92 Å². The Bertz CT molecular complexity index is 600. The van der Waals surface area contributed by atoms with Crippen LogP contribution in [0.1, 0.15) is 63.9 Å². The Morgan fingerprint density at radius 2 is 1.79 bits per heavy atom. The highest BCUT2D eigenvalue weighted by atomic mass is 32.2. The van der Waals surface area contributed by atoms with Crippen LogP contribution in [0.2, 0.25) is 0 Å². The smallest absolute Gasteiger partial charge is 0.243 e. The standard InChI is InChI=1S/C19H30FNO2S/c1-3-4-5-6-7-8-18-15-17(20)13-14-21(18)24(22,23)19-11-9-16(2)10-12-19/h9-12,17-18H,3-8,13-15H2,1-2H3/t17-,18+/m1/s1. The minimum absolute atomic E-state index is 0.207. The van der Waals surface area contributed by atoms with E-state index >= 15 is 0 Å². The first-order valence-corrected chi connectivity index (χ1v) is 10.6. The van der Waals surface area contributed by atoms with Gasteiger partial charge in [0.25, 0.3) is 0 Å². The number of nitrogens with zero attached hydrogens (tertiary/aromatic N) is 1. The zero-order valence-electron chi connectivity index (χ0n) is 14.9. The molecule has 1 saturated heterocycles. The van der Waals surface area contributed by atoms with E-state index < -0.39 is 16.2 Å². The molecule has 0 spiro atoms. The molecule has 0 N–H and O–H groups in total. The maximum Gasteiger partial charge on any atom is 0.243 e. The summed E-state index contributed by atoms with van der Waals surface area (Å²) in [6.45, 7) is 4.39. The van der Waals surface area contributed by atoms with Crippen LogP contribution in [-0.2, 0) is 10.0 Å². The van der Waals surface area contributed by atoms with Gasteiger partial charge in [-0.05, 0) is 38.3 Å². The first kappa shape index (κ1) is 19.4. The summed E-state index contributed by atoms with van der Waals surface area (Å²) in [6.07, 6.45) is 6.15. The number of sulfonamides is 1. The number of aryl methyl sites for hydroxylation is 1. The predicted octanol–water partition coefficient (Wildman–Crippen LogP) is 4.85. The van der Waals surface area contributed by atoms with Crippen molar-refractivity contribution in [3.05, 3.63) is 29.8 Å². The van der Waals surface area contributed by atoms with E-state index in [9.17, 15) is 12.8 Å². The molecule has 0 amide bonds. The highest BCUT2D eigenvalue weighted by Gasteiger charge is 2.36. The van der Waals surface area contributed by atoms with Gasteiger partial charge in [-0.25, -0.2) is 12.8 Å². The average molecular weight is 356 g/mol. The van der Waals surface area contributed by atoms with Crippen molar-refractivity contribution < 1.29 is 12.8 Å². The summed E-state index contributed by atoms with van der Waals surface area (Å²) in [6, 6.07) is 6.74. The van der Waals surface area contributed by atoms with Gasteiger partial charge in [0.1, 0.15) is 6.17 Å². The Hall–Kier alpha value is -0.940. The normalized spacial score (nSPS) is 22.6. The minimum atomic E-state index is -3.53. The minimum Gasteiger partial charge on any atom is -0.247 e. The van der Waals surface area contributed by atoms with Crippen LogP contribution in [-0.4, -0.2) is 31.5 Å². The van der Waals surface area contributed by atoms with Crippen LogP contribution in [0.5, 0.6) is 0 Å². The fourth-order valence-corrected chi connectivity index (χ4v) is 5.07. The van der Waals surface area contributed by atoms with Gasteiger partial charge in [0.15, 0.2) is 0 Å². The van der Waals surface area contributed by atoms with Crippen molar-refractivity contribution in [2.75, 3.05) is 6.54 Å². The predicted molar refractivity (Wildman–Crippen MR) is 96.4 cm³/mol. The fraction of sp³-hybridized carbons (Fsp3) is 0.684. The van der Waals surface area contributed by atoms with E-state index in [1.807, 2.05) is 19.1 Å². The van der Waals surface area contributed by atoms with Gasteiger partial charge in [-0.1, -0.05) is 56.7 Å². The zero-order chi connectivity index (χ0) is 17.6. The molecule has 136 valence electrons. The van der Waals surface area contributed by atoms with Crippen molar-refractivity contribution in [1.82, 2.24) is 4.31 Å². The maximum absolute atomic E-state index is 13.9. The lowest BCUT2D eigenvalue weighted by Crippen LogP contribution is -2.46. The van der Waals surface area contributed by atoms with Crippen molar-refractivity contribution >= 4 is 10.0 Å². The zero-order valence-corrected chi connectivity index (χ0v) is 15.7. The Labute approximate surface area is 146 Å². The first-order valence-electron chi connectivity index (χ1n) is 9.17. The Morgan fingerprint density at radius 1 is 1.12 bits per heavy atom. The molecule has 0 bridgehead atoms. The average Bonchev–Trinajstić information content (AvgIpc) is 2.55. The summed E-state index contributed by atoms with van der Waals surface area (Å²) in [7, 11) is -3.53. The fourth-order valence-electron chi connectivity index (χ4n) is 3.39. The monoisotopic (exact) mass is 355 g/mol. The molecule has 0 aromatic heterocycles. The van der Waals surface area contributed by atoms with E-state index in [4.69, 9.17) is 0 Å². The van der Waals surface area contributed by atoms with Crippen LogP contribution < -0.4 is 0 Å². The summed E-state index contributed by atoms with van der Waals surface area (Å²) in [4.78, 5) is 0.321. The molecule has 2 rings (SSSR count). The number of piperidine rings is 1. The summed E-state index contributed by atoms with van der Waals surface area (Å²) >= 11 is 0. The molecule has 3 nitrogen and oxygen atoms in total. The van der Waals surface area contributed by atoms with E-state index in [1.165, 1.54) is 19.3 Å². The summed E-state index contributed by atoms with van der Waals surface area (Å²) in [5.74, 6) is 0. The van der Waals surface area contributed by atoms with Crippen LogP contribution in [0.25, 0.3) is 0 Å². The highest BCUT2D eigenvalue weighted by molar-refractivity contribution is 7.89. The van der Waals surface area contributed by atoms with Gasteiger partial charge in [0.05, 0.1) is 4.90 Å². The largest absolute Gasteiger partial charge is 0.247 e. The van der Waals surface area contributed by atoms with Crippen LogP contribution in [0.15, 0.2) is 29.2 Å². The lowest BCUT2D eigenvalue weighted by Gasteiger charge is -2.36. The van der Waals surface area contributed by atoms with Crippen molar-refractivity contribution in [3.63, 3.8) is 0 Å². The van der Waals surface area contributed by atoms with Gasteiger partial charge in [-0.15, -0.1) is 0 Å². The second kappa shape index (κ2) is 8.95. The van der Waals surface area contributed by atoms with Gasteiger partial charge >= 0.3 is 0 Å². The van der Waals surface area contributed by atoms with E-state index in [1.54, 1.807) is 16.4 Å². The molecule has 1 fully saturated rings. The molecule has 5 heteroatoms. The number of benzene rings is 1. The van der Waals surface area contributed by atoms with Gasteiger partial charge in [-0.3, -0.25) is 0 Å². The molecule has 1 aliphatic heterocycles. The van der Waals surface area contributed by atoms with Crippen molar-refractivity contribution in [2.24, 2.45) is 0 Å².